The number of carbonyl (C=O) groups is 2. The molecule has 0 aromatic rings. The van der Waals surface area contributed by atoms with Gasteiger partial charge in [-0.3, -0.25) is 4.79 Å². The first-order valence-electron chi connectivity index (χ1n) is 3.97. The fourth-order valence-corrected chi connectivity index (χ4v) is 1.05. The smallest absolute Gasteiger partial charge is 0.307 e. The Kier molecular flexibility index (Phi) is 3.43. The molecule has 0 aromatic carbocycles. The molecule has 70 valence electrons. The number of hydrogen-bond donors (Lipinski definition) is 1. The lowest BCUT2D eigenvalue weighted by Gasteiger charge is -2.25. The highest BCUT2D eigenvalue weighted by Crippen LogP contribution is 2.28. The van der Waals surface area contributed by atoms with Crippen LogP contribution in [0.3, 0.4) is 0 Å². The first-order valence-corrected chi connectivity index (χ1v) is 3.97. The van der Waals surface area contributed by atoms with Gasteiger partial charge in [-0.1, -0.05) is 20.8 Å². The average Bonchev–Trinajstić information content (AvgIpc) is 1.79. The Balaban J connectivity index is 4.46. The number of ketones is 1. The second-order valence-electron chi connectivity index (χ2n) is 4.16. The van der Waals surface area contributed by atoms with Crippen LogP contribution in [0.2, 0.25) is 0 Å². The lowest BCUT2D eigenvalue weighted by Crippen LogP contribution is -2.30. The van der Waals surface area contributed by atoms with Crippen LogP contribution >= 0.6 is 0 Å². The maximum atomic E-state index is 10.7. The van der Waals surface area contributed by atoms with Crippen LogP contribution in [0.5, 0.6) is 0 Å². The first-order chi connectivity index (χ1) is 5.25. The van der Waals surface area contributed by atoms with E-state index < -0.39 is 11.9 Å². The van der Waals surface area contributed by atoms with Crippen LogP contribution in [-0.2, 0) is 9.59 Å². The van der Waals surface area contributed by atoms with E-state index in [-0.39, 0.29) is 17.6 Å². The summed E-state index contributed by atoms with van der Waals surface area (Å²) in [5.74, 6) is -1.54. The number of hydrogen-bond acceptors (Lipinski definition) is 2. The maximum Gasteiger partial charge on any atom is 0.307 e. The minimum absolute atomic E-state index is 0.0719. The second-order valence-corrected chi connectivity index (χ2v) is 4.16. The van der Waals surface area contributed by atoms with Crippen LogP contribution in [-0.4, -0.2) is 16.9 Å². The molecule has 0 rings (SSSR count). The Bertz CT molecular complexity index is 188. The SMILES string of the molecule is CC(=O)C[C@@H](C(=O)O)C(C)(C)C. The third kappa shape index (κ3) is 3.51. The largest absolute Gasteiger partial charge is 0.481 e. The molecule has 1 atom stereocenters. The van der Waals surface area contributed by atoms with Crippen LogP contribution in [0.25, 0.3) is 0 Å². The van der Waals surface area contributed by atoms with Crippen LogP contribution in [0, 0.1) is 11.3 Å². The molecule has 0 aliphatic rings. The van der Waals surface area contributed by atoms with E-state index in [0.717, 1.165) is 0 Å². The highest BCUT2D eigenvalue weighted by atomic mass is 16.4. The van der Waals surface area contributed by atoms with Gasteiger partial charge in [-0.15, -0.1) is 0 Å². The third-order valence-corrected chi connectivity index (χ3v) is 1.84. The van der Waals surface area contributed by atoms with Crippen molar-refractivity contribution in [1.82, 2.24) is 0 Å². The van der Waals surface area contributed by atoms with E-state index in [0.29, 0.717) is 0 Å². The lowest BCUT2D eigenvalue weighted by atomic mass is 9.78. The summed E-state index contributed by atoms with van der Waals surface area (Å²) in [7, 11) is 0. The second kappa shape index (κ2) is 3.70. The summed E-state index contributed by atoms with van der Waals surface area (Å²) in [5, 5.41) is 8.81. The minimum atomic E-state index is -0.891. The van der Waals surface area contributed by atoms with Gasteiger partial charge in [-0.2, -0.15) is 0 Å². The van der Waals surface area contributed by atoms with Gasteiger partial charge >= 0.3 is 5.97 Å². The summed E-state index contributed by atoms with van der Waals surface area (Å²) in [4.78, 5) is 21.5. The molecule has 3 nitrogen and oxygen atoms in total. The third-order valence-electron chi connectivity index (χ3n) is 1.84. The number of carbonyl (C=O) groups excluding carboxylic acids is 1. The van der Waals surface area contributed by atoms with Gasteiger partial charge in [-0.25, -0.2) is 0 Å². The number of carboxylic acid groups (broad SMARTS) is 1. The van der Waals surface area contributed by atoms with Crippen LogP contribution in [0.15, 0.2) is 0 Å². The average molecular weight is 172 g/mol. The zero-order valence-corrected chi connectivity index (χ0v) is 8.05. The van der Waals surface area contributed by atoms with Gasteiger partial charge in [-0.05, 0) is 12.3 Å². The summed E-state index contributed by atoms with van der Waals surface area (Å²) in [5.41, 5.74) is -0.350. The van der Waals surface area contributed by atoms with E-state index in [2.05, 4.69) is 0 Å². The molecule has 0 bridgehead atoms. The molecular formula is C9H16O3. The molecule has 3 heteroatoms. The zero-order chi connectivity index (χ0) is 9.94. The molecule has 0 unspecified atom stereocenters. The topological polar surface area (TPSA) is 54.4 Å². The molecule has 0 aliphatic heterocycles. The highest BCUT2D eigenvalue weighted by Gasteiger charge is 2.31. The monoisotopic (exact) mass is 172 g/mol. The Morgan fingerprint density at radius 2 is 1.75 bits per heavy atom. The van der Waals surface area contributed by atoms with Gasteiger partial charge in [0.2, 0.25) is 0 Å². The summed E-state index contributed by atoms with van der Waals surface area (Å²) >= 11 is 0. The molecule has 0 amide bonds. The Hall–Kier alpha value is -0.860. The van der Waals surface area contributed by atoms with Gasteiger partial charge in [0.05, 0.1) is 5.92 Å². The number of aliphatic carboxylic acids is 1. The molecule has 0 saturated heterocycles. The van der Waals surface area contributed by atoms with E-state index in [1.165, 1.54) is 6.92 Å². The van der Waals surface area contributed by atoms with Crippen molar-refractivity contribution in [1.29, 1.82) is 0 Å². The molecule has 0 spiro atoms. The molecular weight excluding hydrogens is 156 g/mol. The molecule has 0 heterocycles. The Morgan fingerprint density at radius 3 is 1.83 bits per heavy atom. The van der Waals surface area contributed by atoms with Crippen molar-refractivity contribution in [3.8, 4) is 0 Å². The van der Waals surface area contributed by atoms with E-state index in [1.54, 1.807) is 0 Å². The van der Waals surface area contributed by atoms with E-state index in [1.807, 2.05) is 20.8 Å². The van der Waals surface area contributed by atoms with Gasteiger partial charge in [0, 0.05) is 6.42 Å². The van der Waals surface area contributed by atoms with E-state index in [9.17, 15) is 9.59 Å². The molecule has 0 fully saturated rings. The molecule has 0 saturated carbocycles. The van der Waals surface area contributed by atoms with Gasteiger partial charge in [0.25, 0.3) is 0 Å². The molecule has 0 aliphatic carbocycles. The van der Waals surface area contributed by atoms with Crippen molar-refractivity contribution >= 4 is 11.8 Å². The summed E-state index contributed by atoms with van der Waals surface area (Å²) < 4.78 is 0. The van der Waals surface area contributed by atoms with E-state index >= 15 is 0 Å². The molecule has 0 radical (unpaired) electrons. The van der Waals surface area contributed by atoms with Gasteiger partial charge in [0.1, 0.15) is 5.78 Å². The molecule has 12 heavy (non-hydrogen) atoms. The van der Waals surface area contributed by atoms with Crippen molar-refractivity contribution in [2.45, 2.75) is 34.1 Å². The first kappa shape index (κ1) is 11.1. The lowest BCUT2D eigenvalue weighted by molar-refractivity contribution is -0.147. The van der Waals surface area contributed by atoms with Gasteiger partial charge < -0.3 is 9.90 Å². The Labute approximate surface area is 72.8 Å². The normalized spacial score (nSPS) is 14.0. The number of rotatable bonds is 3. The van der Waals surface area contributed by atoms with E-state index in [4.69, 9.17) is 5.11 Å². The highest BCUT2D eigenvalue weighted by molar-refractivity contribution is 5.82. The quantitative estimate of drug-likeness (QED) is 0.705. The molecule has 1 N–H and O–H groups in total. The fourth-order valence-electron chi connectivity index (χ4n) is 1.05. The van der Waals surface area contributed by atoms with Crippen molar-refractivity contribution in [2.75, 3.05) is 0 Å². The molecule has 0 aromatic heterocycles. The summed E-state index contributed by atoms with van der Waals surface area (Å²) in [6.07, 6.45) is 0.124. The fraction of sp³-hybridized carbons (Fsp3) is 0.778. The Morgan fingerprint density at radius 1 is 1.33 bits per heavy atom. The minimum Gasteiger partial charge on any atom is -0.481 e. The van der Waals surface area contributed by atoms with Crippen LogP contribution in [0.4, 0.5) is 0 Å². The van der Waals surface area contributed by atoms with Crippen molar-refractivity contribution in [3.05, 3.63) is 0 Å². The zero-order valence-electron chi connectivity index (χ0n) is 8.05. The maximum absolute atomic E-state index is 10.7. The van der Waals surface area contributed by atoms with Gasteiger partial charge in [0.15, 0.2) is 0 Å². The standard InChI is InChI=1S/C9H16O3/c1-6(10)5-7(8(11)12)9(2,3)4/h7H,5H2,1-4H3,(H,11,12)/t7-/m0/s1. The summed E-state index contributed by atoms with van der Waals surface area (Å²) in [6.45, 7) is 6.90. The predicted octanol–water partition coefficient (Wildman–Crippen LogP) is 1.71. The van der Waals surface area contributed by atoms with Crippen molar-refractivity contribution in [3.63, 3.8) is 0 Å². The number of carboxylic acids is 1. The van der Waals surface area contributed by atoms with Crippen LogP contribution < -0.4 is 0 Å². The predicted molar refractivity (Wildman–Crippen MR) is 45.9 cm³/mol. The van der Waals surface area contributed by atoms with Crippen molar-refractivity contribution in [2.24, 2.45) is 11.3 Å². The summed E-state index contributed by atoms with van der Waals surface area (Å²) in [6, 6.07) is 0. The van der Waals surface area contributed by atoms with Crippen LogP contribution in [0.1, 0.15) is 34.1 Å². The van der Waals surface area contributed by atoms with Crippen molar-refractivity contribution < 1.29 is 14.7 Å². The number of Topliss-reactive ketones (excluding diaryl/α,β-unsaturated/α-hetero) is 1.